The van der Waals surface area contributed by atoms with Crippen LogP contribution in [-0.2, 0) is 35.2 Å². The number of morpholine rings is 1. The molecule has 9 atom stereocenters. The van der Waals surface area contributed by atoms with Gasteiger partial charge in [-0.25, -0.2) is 4.39 Å². The Morgan fingerprint density at radius 1 is 1.02 bits per heavy atom. The van der Waals surface area contributed by atoms with Crippen molar-refractivity contribution in [2.45, 2.75) is 81.9 Å². The Hall–Kier alpha value is -3.67. The minimum atomic E-state index is -1.49. The molecule has 1 saturated carbocycles. The number of benzene rings is 2. The van der Waals surface area contributed by atoms with Gasteiger partial charge < -0.3 is 59.2 Å². The molecule has 266 valence electrons. The number of amides is 1. The van der Waals surface area contributed by atoms with Crippen LogP contribution >= 0.6 is 0 Å². The number of aliphatic hydroxyl groups excluding tert-OH is 4. The molecule has 15 heteroatoms. The molecule has 2 aromatic rings. The Kier molecular flexibility index (Phi) is 11.1. The van der Waals surface area contributed by atoms with Crippen molar-refractivity contribution >= 4 is 23.4 Å². The summed E-state index contributed by atoms with van der Waals surface area (Å²) in [6.45, 7) is 6.37. The zero-order valence-corrected chi connectivity index (χ0v) is 27.2. The van der Waals surface area contributed by atoms with Crippen molar-refractivity contribution in [3.8, 4) is 5.75 Å². The number of halogens is 1. The molecule has 1 aliphatic carbocycles. The summed E-state index contributed by atoms with van der Waals surface area (Å²) in [5, 5.41) is 48.6. The first-order valence-electron chi connectivity index (χ1n) is 16.2. The van der Waals surface area contributed by atoms with Crippen LogP contribution in [0.5, 0.6) is 5.75 Å². The zero-order valence-electron chi connectivity index (χ0n) is 27.2. The van der Waals surface area contributed by atoms with E-state index in [0.29, 0.717) is 24.5 Å². The highest BCUT2D eigenvalue weighted by molar-refractivity contribution is 5.97. The van der Waals surface area contributed by atoms with Crippen LogP contribution in [0.15, 0.2) is 53.2 Å². The van der Waals surface area contributed by atoms with Gasteiger partial charge in [-0.3, -0.25) is 4.79 Å². The van der Waals surface area contributed by atoms with E-state index in [1.807, 2.05) is 24.3 Å². The molecule has 3 aliphatic heterocycles. The fraction of sp³-hybridized carbons (Fsp3) is 0.529. The largest absolute Gasteiger partial charge is 0.462 e. The number of nitrogens with zero attached hydrogens (tertiary/aromatic N) is 2. The smallest absolute Gasteiger partial charge is 0.247 e. The molecule has 1 amide bonds. The molecule has 14 nitrogen and oxygen atoms in total. The van der Waals surface area contributed by atoms with E-state index >= 15 is 4.39 Å². The lowest BCUT2D eigenvalue weighted by atomic mass is 9.83. The lowest BCUT2D eigenvalue weighted by molar-refractivity contribution is -0.155. The van der Waals surface area contributed by atoms with Crippen molar-refractivity contribution in [3.05, 3.63) is 65.0 Å². The van der Waals surface area contributed by atoms with Gasteiger partial charge in [-0.2, -0.15) is 0 Å². The summed E-state index contributed by atoms with van der Waals surface area (Å²) in [6, 6.07) is 10.9. The summed E-state index contributed by atoms with van der Waals surface area (Å²) in [5.41, 5.74) is 2.96. The van der Waals surface area contributed by atoms with Crippen LogP contribution in [-0.4, -0.2) is 120 Å². The molecule has 0 aromatic heterocycles. The molecule has 0 bridgehead atoms. The molecule has 4 fully saturated rings. The van der Waals surface area contributed by atoms with Crippen molar-refractivity contribution in [1.82, 2.24) is 5.32 Å². The SMILES string of the molecule is C/C(=C\c1ccc(O[C@H]2C[C@@H](O)[C@@H](/C(C)=N/OCc3ccc(N4CCOCC4)cc3)O2)c(F)c1)C(=O)N[C@@H]1C(O)C(O)C2OCO[C@H]2[C@@H]1O. The van der Waals surface area contributed by atoms with E-state index in [2.05, 4.69) is 15.4 Å². The topological polar surface area (TPSA) is 181 Å². The number of ether oxygens (including phenoxy) is 5. The van der Waals surface area contributed by atoms with Gasteiger partial charge in [0, 0.05) is 30.8 Å². The molecule has 4 aliphatic rings. The van der Waals surface area contributed by atoms with Gasteiger partial charge in [0.15, 0.2) is 11.6 Å². The van der Waals surface area contributed by atoms with Gasteiger partial charge >= 0.3 is 0 Å². The molecule has 3 heterocycles. The fourth-order valence-corrected chi connectivity index (χ4v) is 6.35. The zero-order chi connectivity index (χ0) is 34.7. The number of aliphatic hydroxyl groups is 4. The van der Waals surface area contributed by atoms with Crippen LogP contribution in [0.2, 0.25) is 0 Å². The van der Waals surface area contributed by atoms with Gasteiger partial charge in [0.1, 0.15) is 50.0 Å². The molecule has 3 unspecified atom stereocenters. The number of anilines is 1. The highest BCUT2D eigenvalue weighted by Crippen LogP contribution is 2.31. The summed E-state index contributed by atoms with van der Waals surface area (Å²) >= 11 is 0. The first kappa shape index (κ1) is 35.2. The van der Waals surface area contributed by atoms with Crippen LogP contribution in [0.4, 0.5) is 10.1 Å². The second-order valence-electron chi connectivity index (χ2n) is 12.5. The van der Waals surface area contributed by atoms with Gasteiger partial charge in [0.25, 0.3) is 0 Å². The third-order valence-electron chi connectivity index (χ3n) is 9.10. The van der Waals surface area contributed by atoms with Gasteiger partial charge in [0.05, 0.1) is 31.1 Å². The standard InChI is InChI=1S/C34H42FN3O11/c1-18(34(43)36-27-28(40)30(42)33-32(29(27)41)45-17-46-33)13-21-5-8-25(23(35)14-21)48-26-15-24(39)31(49-26)19(2)37-47-16-20-3-6-22(7-4-20)38-9-11-44-12-10-38/h3-8,13-14,24,26-33,39-42H,9-12,15-17H2,1-2H3,(H,36,43)/b18-13+,37-19+/t24-,26-,27-,28?,29-,30?,31-,32+,33?/m1/s1. The van der Waals surface area contributed by atoms with Gasteiger partial charge in [-0.1, -0.05) is 23.4 Å². The average Bonchev–Trinajstić information content (AvgIpc) is 3.74. The van der Waals surface area contributed by atoms with Gasteiger partial charge in [-0.05, 0) is 55.3 Å². The number of fused-ring (bicyclic) bond motifs is 1. The number of rotatable bonds is 10. The maximum Gasteiger partial charge on any atom is 0.247 e. The predicted octanol–water partition coefficient (Wildman–Crippen LogP) is 0.836. The van der Waals surface area contributed by atoms with Crippen molar-refractivity contribution in [1.29, 1.82) is 0 Å². The first-order valence-corrected chi connectivity index (χ1v) is 16.2. The second kappa shape index (κ2) is 15.5. The third kappa shape index (κ3) is 8.05. The van der Waals surface area contributed by atoms with E-state index in [0.717, 1.165) is 24.3 Å². The van der Waals surface area contributed by atoms with E-state index < -0.39 is 66.8 Å². The second-order valence-corrected chi connectivity index (χ2v) is 12.5. The molecule has 0 spiro atoms. The van der Waals surface area contributed by atoms with Crippen LogP contribution in [0.25, 0.3) is 6.08 Å². The normalized spacial score (nSPS) is 32.1. The molecule has 49 heavy (non-hydrogen) atoms. The Balaban J connectivity index is 0.993. The highest BCUT2D eigenvalue weighted by Gasteiger charge is 2.53. The minimum absolute atomic E-state index is 0.0766. The Bertz CT molecular complexity index is 1520. The quantitative estimate of drug-likeness (QED) is 0.135. The fourth-order valence-electron chi connectivity index (χ4n) is 6.35. The van der Waals surface area contributed by atoms with E-state index in [-0.39, 0.29) is 31.1 Å². The highest BCUT2D eigenvalue weighted by atomic mass is 19.1. The summed E-state index contributed by atoms with van der Waals surface area (Å²) in [5.74, 6) is -1.47. The van der Waals surface area contributed by atoms with Gasteiger partial charge in [0.2, 0.25) is 12.2 Å². The van der Waals surface area contributed by atoms with Crippen LogP contribution in [0.3, 0.4) is 0 Å². The van der Waals surface area contributed by atoms with Crippen molar-refractivity contribution in [2.75, 3.05) is 38.0 Å². The van der Waals surface area contributed by atoms with Crippen molar-refractivity contribution in [2.24, 2.45) is 5.16 Å². The molecule has 5 N–H and O–H groups in total. The Morgan fingerprint density at radius 3 is 2.45 bits per heavy atom. The summed E-state index contributed by atoms with van der Waals surface area (Å²) in [6.07, 6.45) is -7.20. The maximum atomic E-state index is 15.1. The monoisotopic (exact) mass is 687 g/mol. The Morgan fingerprint density at radius 2 is 1.73 bits per heavy atom. The maximum absolute atomic E-state index is 15.1. The number of carbonyl (C=O) groups is 1. The van der Waals surface area contributed by atoms with E-state index in [9.17, 15) is 25.2 Å². The van der Waals surface area contributed by atoms with E-state index in [1.54, 1.807) is 6.92 Å². The summed E-state index contributed by atoms with van der Waals surface area (Å²) < 4.78 is 42.5. The summed E-state index contributed by atoms with van der Waals surface area (Å²) in [4.78, 5) is 20.6. The molecular weight excluding hydrogens is 645 g/mol. The molecule has 3 saturated heterocycles. The molecule has 0 radical (unpaired) electrons. The average molecular weight is 688 g/mol. The minimum Gasteiger partial charge on any atom is -0.462 e. The first-order chi connectivity index (χ1) is 23.6. The van der Waals surface area contributed by atoms with Crippen LogP contribution < -0.4 is 15.0 Å². The number of nitrogens with one attached hydrogen (secondary N) is 1. The van der Waals surface area contributed by atoms with Crippen LogP contribution in [0.1, 0.15) is 31.4 Å². The number of oxime groups is 1. The Labute approximate surface area is 282 Å². The van der Waals surface area contributed by atoms with Crippen LogP contribution in [0, 0.1) is 5.82 Å². The third-order valence-corrected chi connectivity index (χ3v) is 9.10. The number of hydrogen-bond donors (Lipinski definition) is 5. The predicted molar refractivity (Wildman–Crippen MR) is 172 cm³/mol. The molecular formula is C34H42FN3O11. The molecule has 2 aromatic carbocycles. The van der Waals surface area contributed by atoms with Crippen molar-refractivity contribution < 1.29 is 58.1 Å². The van der Waals surface area contributed by atoms with Crippen molar-refractivity contribution in [3.63, 3.8) is 0 Å². The lowest BCUT2D eigenvalue weighted by Gasteiger charge is -2.41. The lowest BCUT2D eigenvalue weighted by Crippen LogP contribution is -2.67. The number of carbonyl (C=O) groups excluding carboxylic acids is 1. The van der Waals surface area contributed by atoms with E-state index in [1.165, 1.54) is 31.2 Å². The summed E-state index contributed by atoms with van der Waals surface area (Å²) in [7, 11) is 0. The number of hydrogen-bond acceptors (Lipinski definition) is 13. The molecule has 6 rings (SSSR count). The van der Waals surface area contributed by atoms with Gasteiger partial charge in [-0.15, -0.1) is 0 Å². The van der Waals surface area contributed by atoms with E-state index in [4.69, 9.17) is 28.5 Å².